The van der Waals surface area contributed by atoms with Crippen LogP contribution in [0.4, 0.5) is 5.69 Å². The lowest BCUT2D eigenvalue weighted by atomic mass is 9.45. The Bertz CT molecular complexity index is 1380. The number of hydrogen-bond acceptors (Lipinski definition) is 11. The van der Waals surface area contributed by atoms with Crippen molar-refractivity contribution in [2.24, 2.45) is 22.7 Å². The van der Waals surface area contributed by atoms with Crippen LogP contribution in [0.25, 0.3) is 6.08 Å². The summed E-state index contributed by atoms with van der Waals surface area (Å²) in [6.45, 7) is 4.10. The molecule has 6 rings (SSSR count). The molecule has 2 saturated carbocycles. The summed E-state index contributed by atoms with van der Waals surface area (Å²) in [6.07, 6.45) is 2.91. The fraction of sp³-hybridized carbons (Fsp3) is 0.629. The number of fused-ring (bicyclic) bond motifs is 1. The van der Waals surface area contributed by atoms with Crippen LogP contribution in [0.3, 0.4) is 0 Å². The van der Waals surface area contributed by atoms with E-state index in [1.54, 1.807) is 6.08 Å². The molecule has 2 saturated heterocycles. The van der Waals surface area contributed by atoms with Crippen LogP contribution in [0.2, 0.25) is 0 Å². The van der Waals surface area contributed by atoms with Crippen LogP contribution in [0.15, 0.2) is 53.8 Å². The van der Waals surface area contributed by atoms with Gasteiger partial charge in [0, 0.05) is 31.1 Å². The fourth-order valence-electron chi connectivity index (χ4n) is 8.52. The summed E-state index contributed by atoms with van der Waals surface area (Å²) in [6, 6.07) is 7.97. The fourth-order valence-corrected chi connectivity index (χ4v) is 8.52. The molecule has 11 atom stereocenters. The minimum Gasteiger partial charge on any atom is -0.423 e. The number of carbonyl (C=O) groups excluding carboxylic acids is 1. The summed E-state index contributed by atoms with van der Waals surface area (Å²) in [5.41, 5.74) is 1.08. The van der Waals surface area contributed by atoms with Crippen LogP contribution in [-0.4, -0.2) is 108 Å². The number of aliphatic hydroxyl groups is 5. The molecule has 0 amide bonds. The molecule has 11 heteroatoms. The zero-order valence-electron chi connectivity index (χ0n) is 26.9. The summed E-state index contributed by atoms with van der Waals surface area (Å²) < 4.78 is 23.6. The third-order valence-electron chi connectivity index (χ3n) is 11.3. The van der Waals surface area contributed by atoms with Gasteiger partial charge in [-0.3, -0.25) is 0 Å². The number of anilines is 1. The van der Waals surface area contributed by atoms with E-state index in [1.165, 1.54) is 0 Å². The smallest absolute Gasteiger partial charge is 0.343 e. The Hall–Kier alpha value is -2.61. The number of nitrogens with zero attached hydrogens (tertiary/aromatic N) is 1. The molecule has 0 bridgehead atoms. The zero-order chi connectivity index (χ0) is 33.0. The second kappa shape index (κ2) is 12.4. The second-order valence-corrected chi connectivity index (χ2v) is 14.3. The van der Waals surface area contributed by atoms with Crippen molar-refractivity contribution in [2.75, 3.05) is 38.8 Å². The summed E-state index contributed by atoms with van der Waals surface area (Å²) in [7, 11) is 3.96. The third kappa shape index (κ3) is 5.75. The van der Waals surface area contributed by atoms with Gasteiger partial charge < -0.3 is 49.4 Å². The highest BCUT2D eigenvalue weighted by Gasteiger charge is 2.67. The van der Waals surface area contributed by atoms with E-state index in [-0.39, 0.29) is 29.5 Å². The first-order valence-electron chi connectivity index (χ1n) is 16.2. The number of carbonyl (C=O) groups is 1. The maximum Gasteiger partial charge on any atom is 0.343 e. The van der Waals surface area contributed by atoms with E-state index in [0.717, 1.165) is 24.1 Å². The van der Waals surface area contributed by atoms with E-state index in [2.05, 4.69) is 13.0 Å². The number of benzene rings is 1. The SMILES string of the molecule is CN(C)c1ccc(C=C2C=C(C=CC3C4(CCC5[C@]3(C)CC[C@@H](OC3OC(CO)C(O)C(O)C3O)[C@@]5(C)CO)CO4)C(=O)O2)cc1. The van der Waals surface area contributed by atoms with Gasteiger partial charge in [0.05, 0.1) is 37.1 Å². The number of allylic oxidation sites excluding steroid dienone is 1. The first-order chi connectivity index (χ1) is 21.8. The zero-order valence-corrected chi connectivity index (χ0v) is 26.9. The summed E-state index contributed by atoms with van der Waals surface area (Å²) in [5.74, 6) is 0.0138. The molecule has 8 unspecified atom stereocenters. The Labute approximate surface area is 269 Å². The molecule has 0 radical (unpaired) electrons. The van der Waals surface area contributed by atoms with Gasteiger partial charge in [-0.2, -0.15) is 0 Å². The van der Waals surface area contributed by atoms with Crippen molar-refractivity contribution in [3.05, 3.63) is 59.4 Å². The Morgan fingerprint density at radius 1 is 1.02 bits per heavy atom. The third-order valence-corrected chi connectivity index (χ3v) is 11.3. The molecule has 4 fully saturated rings. The quantitative estimate of drug-likeness (QED) is 0.160. The number of hydrogen-bond donors (Lipinski definition) is 5. The number of rotatable bonds is 8. The first-order valence-corrected chi connectivity index (χ1v) is 16.2. The number of cyclic esters (lactones) is 1. The van der Waals surface area contributed by atoms with Gasteiger partial charge >= 0.3 is 5.97 Å². The largest absolute Gasteiger partial charge is 0.423 e. The molecule has 1 aromatic carbocycles. The van der Waals surface area contributed by atoms with Gasteiger partial charge in [0.1, 0.15) is 30.2 Å². The lowest BCUT2D eigenvalue weighted by Crippen LogP contribution is -2.64. The highest BCUT2D eigenvalue weighted by atomic mass is 16.7. The minimum atomic E-state index is -1.54. The molecule has 3 heterocycles. The summed E-state index contributed by atoms with van der Waals surface area (Å²) in [4.78, 5) is 14.9. The van der Waals surface area contributed by atoms with Gasteiger partial charge in [0.2, 0.25) is 0 Å². The van der Waals surface area contributed by atoms with Gasteiger partial charge in [0.15, 0.2) is 6.29 Å². The maximum atomic E-state index is 12.9. The van der Waals surface area contributed by atoms with Crippen molar-refractivity contribution in [1.82, 2.24) is 0 Å². The van der Waals surface area contributed by atoms with Crippen LogP contribution < -0.4 is 4.90 Å². The molecule has 1 spiro atoms. The first kappa shape index (κ1) is 33.3. The summed E-state index contributed by atoms with van der Waals surface area (Å²) in [5, 5.41) is 51.7. The number of esters is 1. The molecule has 5 N–H and O–H groups in total. The van der Waals surface area contributed by atoms with E-state index >= 15 is 0 Å². The second-order valence-electron chi connectivity index (χ2n) is 14.3. The Morgan fingerprint density at radius 2 is 1.74 bits per heavy atom. The molecular weight excluding hydrogens is 594 g/mol. The Kier molecular flexibility index (Phi) is 9.01. The maximum absolute atomic E-state index is 12.9. The van der Waals surface area contributed by atoms with Crippen LogP contribution in [-0.2, 0) is 23.7 Å². The number of epoxide rings is 1. The molecule has 1 aromatic rings. The monoisotopic (exact) mass is 641 g/mol. The standard InChI is InChI=1S/C35H47NO10/c1-33-13-12-27(46-32-30(41)29(40)28(39)24(17-37)45-32)34(2,18-38)25(33)11-14-35(19-43-35)26(33)10-7-21-16-23(44-31(21)42)15-20-5-8-22(9-6-20)36(3)4/h5-10,15-16,24-30,32,37-41H,11-14,17-19H2,1-4H3/t24?,25?,26?,27-,28?,29?,30?,32?,33+,34+,35?/m1/s1. The van der Waals surface area contributed by atoms with Crippen molar-refractivity contribution < 1.29 is 49.3 Å². The molecule has 11 nitrogen and oxygen atoms in total. The average Bonchev–Trinajstić information content (AvgIpc) is 3.72. The van der Waals surface area contributed by atoms with Gasteiger partial charge in [-0.05, 0) is 66.9 Å². The number of ether oxygens (including phenoxy) is 4. The molecule has 46 heavy (non-hydrogen) atoms. The van der Waals surface area contributed by atoms with E-state index in [0.29, 0.717) is 30.8 Å². The highest BCUT2D eigenvalue weighted by Crippen LogP contribution is 2.66. The van der Waals surface area contributed by atoms with Crippen molar-refractivity contribution in [3.63, 3.8) is 0 Å². The molecule has 3 aliphatic heterocycles. The average molecular weight is 642 g/mol. The van der Waals surface area contributed by atoms with Crippen LogP contribution >= 0.6 is 0 Å². The van der Waals surface area contributed by atoms with Gasteiger partial charge in [0.25, 0.3) is 0 Å². The lowest BCUT2D eigenvalue weighted by molar-refractivity contribution is -0.330. The predicted octanol–water partition coefficient (Wildman–Crippen LogP) is 1.91. The lowest BCUT2D eigenvalue weighted by Gasteiger charge is -2.61. The normalized spacial score (nSPS) is 43.1. The topological polar surface area (TPSA) is 162 Å². The van der Waals surface area contributed by atoms with Crippen molar-refractivity contribution >= 4 is 17.7 Å². The van der Waals surface area contributed by atoms with Crippen LogP contribution in [0.1, 0.15) is 45.1 Å². The Balaban J connectivity index is 1.22. The van der Waals surface area contributed by atoms with Crippen molar-refractivity contribution in [3.8, 4) is 0 Å². The van der Waals surface area contributed by atoms with Gasteiger partial charge in [-0.1, -0.05) is 38.1 Å². The predicted molar refractivity (Wildman–Crippen MR) is 168 cm³/mol. The van der Waals surface area contributed by atoms with Gasteiger partial charge in [-0.15, -0.1) is 0 Å². The molecule has 252 valence electrons. The molecule has 2 aliphatic carbocycles. The van der Waals surface area contributed by atoms with Crippen molar-refractivity contribution in [2.45, 2.75) is 81.9 Å². The number of aliphatic hydroxyl groups excluding tert-OH is 5. The highest BCUT2D eigenvalue weighted by molar-refractivity contribution is 5.96. The molecule has 5 aliphatic rings. The van der Waals surface area contributed by atoms with Gasteiger partial charge in [-0.25, -0.2) is 4.79 Å². The van der Waals surface area contributed by atoms with E-state index in [4.69, 9.17) is 18.9 Å². The summed E-state index contributed by atoms with van der Waals surface area (Å²) >= 11 is 0. The van der Waals surface area contributed by atoms with E-state index < -0.39 is 54.8 Å². The van der Waals surface area contributed by atoms with E-state index in [1.807, 2.05) is 62.3 Å². The minimum absolute atomic E-state index is 0.0109. The van der Waals surface area contributed by atoms with Crippen LogP contribution in [0, 0.1) is 22.7 Å². The van der Waals surface area contributed by atoms with Crippen LogP contribution in [0.5, 0.6) is 0 Å². The molecular formula is C35H47NO10. The van der Waals surface area contributed by atoms with E-state index in [9.17, 15) is 30.3 Å². The Morgan fingerprint density at radius 3 is 2.37 bits per heavy atom. The molecule has 0 aromatic heterocycles. The van der Waals surface area contributed by atoms with Crippen molar-refractivity contribution in [1.29, 1.82) is 0 Å².